The lowest BCUT2D eigenvalue weighted by molar-refractivity contribution is -0.120. The van der Waals surface area contributed by atoms with Gasteiger partial charge in [0.25, 0.3) is 5.91 Å². The summed E-state index contributed by atoms with van der Waals surface area (Å²) in [6.07, 6.45) is 0.643. The quantitative estimate of drug-likeness (QED) is 0.455. The van der Waals surface area contributed by atoms with Crippen LogP contribution in [0.4, 0.5) is 5.69 Å². The van der Waals surface area contributed by atoms with E-state index in [9.17, 15) is 4.79 Å². The maximum absolute atomic E-state index is 13.7. The molecule has 0 spiro atoms. The van der Waals surface area contributed by atoms with Crippen LogP contribution in [0.15, 0.2) is 78.9 Å². The molecule has 2 atom stereocenters. The molecule has 0 bridgehead atoms. The second-order valence-electron chi connectivity index (χ2n) is 8.30. The van der Waals surface area contributed by atoms with Gasteiger partial charge in [-0.2, -0.15) is 0 Å². The van der Waals surface area contributed by atoms with Crippen LogP contribution in [0.1, 0.15) is 28.4 Å². The van der Waals surface area contributed by atoms with Gasteiger partial charge in [-0.05, 0) is 54.0 Å². The summed E-state index contributed by atoms with van der Waals surface area (Å²) in [6, 6.07) is 26.2. The van der Waals surface area contributed by atoms with E-state index in [0.29, 0.717) is 11.5 Å². The summed E-state index contributed by atoms with van der Waals surface area (Å²) in [4.78, 5) is 21.2. The Labute approximate surface area is 186 Å². The number of nitrogens with one attached hydrogen (secondary N) is 1. The van der Waals surface area contributed by atoms with Crippen molar-refractivity contribution >= 4 is 39.8 Å². The minimum absolute atomic E-state index is 0.0486. The van der Waals surface area contributed by atoms with Gasteiger partial charge < -0.3 is 9.88 Å². The van der Waals surface area contributed by atoms with E-state index in [1.807, 2.05) is 55.5 Å². The lowest BCUT2D eigenvalue weighted by Crippen LogP contribution is -2.44. The molecule has 1 aromatic heterocycles. The summed E-state index contributed by atoms with van der Waals surface area (Å²) in [5.74, 6) is 0.0486. The van der Waals surface area contributed by atoms with Crippen LogP contribution in [0.2, 0.25) is 0 Å². The fourth-order valence-corrected chi connectivity index (χ4v) is 5.49. The van der Waals surface area contributed by atoms with Crippen molar-refractivity contribution in [1.82, 2.24) is 9.88 Å². The van der Waals surface area contributed by atoms with Crippen molar-refractivity contribution in [1.29, 1.82) is 0 Å². The summed E-state index contributed by atoms with van der Waals surface area (Å²) in [5.41, 5.74) is 6.51. The molecule has 3 heterocycles. The van der Waals surface area contributed by atoms with Gasteiger partial charge in [0.1, 0.15) is 6.04 Å². The summed E-state index contributed by atoms with van der Waals surface area (Å²) < 4.78 is 0. The van der Waals surface area contributed by atoms with Gasteiger partial charge in [-0.15, -0.1) is 0 Å². The number of hydrogen-bond donors (Lipinski definition) is 1. The molecule has 0 aliphatic carbocycles. The topological polar surface area (TPSA) is 39.3 Å². The predicted octanol–water partition coefficient (Wildman–Crippen LogP) is 5.12. The van der Waals surface area contributed by atoms with Gasteiger partial charge in [-0.1, -0.05) is 60.7 Å². The van der Waals surface area contributed by atoms with E-state index in [2.05, 4.69) is 40.2 Å². The van der Waals surface area contributed by atoms with Crippen LogP contribution >= 0.6 is 12.2 Å². The van der Waals surface area contributed by atoms with Crippen LogP contribution < -0.4 is 4.90 Å². The van der Waals surface area contributed by atoms with Gasteiger partial charge in [0, 0.05) is 23.0 Å². The Bertz CT molecular complexity index is 1340. The van der Waals surface area contributed by atoms with Crippen LogP contribution in [0.5, 0.6) is 0 Å². The van der Waals surface area contributed by atoms with Gasteiger partial charge in [0.2, 0.25) is 0 Å². The van der Waals surface area contributed by atoms with Crippen molar-refractivity contribution in [3.63, 3.8) is 0 Å². The largest absolute Gasteiger partial charge is 0.356 e. The standard InChI is InChI=1S/C26H21N3OS/c1-16-8-7-11-18(14-16)28-25(30)22-15-20-19-12-5-6-13-21(19)27-23(20)24(29(22)26(28)31)17-9-3-2-4-10-17/h2-14,22,24,27H,15H2,1H3/t22-,24+/m1/s1. The number of benzene rings is 3. The summed E-state index contributed by atoms with van der Waals surface area (Å²) in [7, 11) is 0. The fourth-order valence-electron chi connectivity index (χ4n) is 5.06. The number of aryl methyl sites for hydroxylation is 1. The Hall–Kier alpha value is -3.44. The highest BCUT2D eigenvalue weighted by molar-refractivity contribution is 7.80. The smallest absolute Gasteiger partial charge is 0.256 e. The number of H-pyrrole nitrogens is 1. The molecule has 2 aliphatic rings. The number of aromatic nitrogens is 1. The third kappa shape index (κ3) is 2.66. The lowest BCUT2D eigenvalue weighted by atomic mass is 9.89. The average molecular weight is 424 g/mol. The van der Waals surface area contributed by atoms with E-state index in [-0.39, 0.29) is 18.0 Å². The molecule has 4 aromatic rings. The van der Waals surface area contributed by atoms with Crippen LogP contribution in [-0.2, 0) is 11.2 Å². The average Bonchev–Trinajstić information content (AvgIpc) is 3.28. The molecule has 6 rings (SSSR count). The Balaban J connectivity index is 1.55. The van der Waals surface area contributed by atoms with Crippen LogP contribution in [0, 0.1) is 6.92 Å². The number of amides is 1. The SMILES string of the molecule is Cc1cccc(N2C(=O)[C@H]3Cc4c([nH]c5ccccc45)[C@H](c4ccccc4)N3C2=S)c1. The molecular weight excluding hydrogens is 402 g/mol. The molecule has 1 fully saturated rings. The van der Waals surface area contributed by atoms with Crippen LogP contribution in [0.3, 0.4) is 0 Å². The number of fused-ring (bicyclic) bond motifs is 4. The van der Waals surface area contributed by atoms with Crippen molar-refractivity contribution < 1.29 is 4.79 Å². The molecular formula is C26H21N3OS. The highest BCUT2D eigenvalue weighted by atomic mass is 32.1. The van der Waals surface area contributed by atoms with Crippen molar-refractivity contribution in [2.24, 2.45) is 0 Å². The number of anilines is 1. The van der Waals surface area contributed by atoms with E-state index in [4.69, 9.17) is 12.2 Å². The van der Waals surface area contributed by atoms with Crippen LogP contribution in [-0.4, -0.2) is 26.9 Å². The Morgan fingerprint density at radius 2 is 1.74 bits per heavy atom. The van der Waals surface area contributed by atoms with Crippen LogP contribution in [0.25, 0.3) is 10.9 Å². The first kappa shape index (κ1) is 18.3. The molecule has 152 valence electrons. The highest BCUT2D eigenvalue weighted by Crippen LogP contribution is 2.44. The third-order valence-corrected chi connectivity index (χ3v) is 6.82. The van der Waals surface area contributed by atoms with Gasteiger partial charge in [0.05, 0.1) is 11.7 Å². The zero-order valence-corrected chi connectivity index (χ0v) is 17.9. The summed E-state index contributed by atoms with van der Waals surface area (Å²) >= 11 is 5.94. The zero-order valence-electron chi connectivity index (χ0n) is 17.1. The molecule has 3 aromatic carbocycles. The number of carbonyl (C=O) groups is 1. The van der Waals surface area contributed by atoms with Gasteiger partial charge >= 0.3 is 0 Å². The minimum Gasteiger partial charge on any atom is -0.356 e. The monoisotopic (exact) mass is 423 g/mol. The molecule has 1 amide bonds. The van der Waals surface area contributed by atoms with Crippen molar-refractivity contribution in [3.05, 3.63) is 101 Å². The molecule has 0 radical (unpaired) electrons. The maximum atomic E-state index is 13.7. The Morgan fingerprint density at radius 1 is 0.968 bits per heavy atom. The second-order valence-corrected chi connectivity index (χ2v) is 8.66. The predicted molar refractivity (Wildman–Crippen MR) is 127 cm³/mol. The van der Waals surface area contributed by atoms with Crippen molar-refractivity contribution in [3.8, 4) is 0 Å². The number of rotatable bonds is 2. The molecule has 31 heavy (non-hydrogen) atoms. The lowest BCUT2D eigenvalue weighted by Gasteiger charge is -2.37. The normalized spacial score (nSPS) is 20.3. The van der Waals surface area contributed by atoms with Gasteiger partial charge in [-0.3, -0.25) is 9.69 Å². The molecule has 0 unspecified atom stereocenters. The molecule has 4 nitrogen and oxygen atoms in total. The number of para-hydroxylation sites is 1. The molecule has 0 saturated carbocycles. The zero-order chi connectivity index (χ0) is 21.1. The molecule has 2 aliphatic heterocycles. The van der Waals surface area contributed by atoms with Crippen molar-refractivity contribution in [2.45, 2.75) is 25.4 Å². The first-order valence-electron chi connectivity index (χ1n) is 10.5. The highest BCUT2D eigenvalue weighted by Gasteiger charge is 2.50. The maximum Gasteiger partial charge on any atom is 0.256 e. The first-order valence-corrected chi connectivity index (χ1v) is 10.9. The molecule has 5 heteroatoms. The van der Waals surface area contributed by atoms with E-state index < -0.39 is 0 Å². The number of carbonyl (C=O) groups excluding carboxylic acids is 1. The summed E-state index contributed by atoms with van der Waals surface area (Å²) in [5, 5.41) is 1.75. The van der Waals surface area contributed by atoms with Crippen molar-refractivity contribution in [2.75, 3.05) is 4.90 Å². The Morgan fingerprint density at radius 3 is 2.55 bits per heavy atom. The Kier molecular flexibility index (Phi) is 4.02. The number of thiocarbonyl (C=S) groups is 1. The van der Waals surface area contributed by atoms with E-state index >= 15 is 0 Å². The van der Waals surface area contributed by atoms with Gasteiger partial charge in [0.15, 0.2) is 5.11 Å². The minimum atomic E-state index is -0.315. The second kappa shape index (κ2) is 6.79. The molecule has 1 N–H and O–H groups in total. The third-order valence-electron chi connectivity index (χ3n) is 6.42. The first-order chi connectivity index (χ1) is 15.1. The number of hydrogen-bond acceptors (Lipinski definition) is 2. The number of aromatic amines is 1. The fraction of sp³-hybridized carbons (Fsp3) is 0.154. The van der Waals surface area contributed by atoms with Gasteiger partial charge in [-0.25, -0.2) is 0 Å². The molecule has 1 saturated heterocycles. The van der Waals surface area contributed by atoms with E-state index in [1.54, 1.807) is 4.90 Å². The van der Waals surface area contributed by atoms with E-state index in [1.165, 1.54) is 10.9 Å². The van der Waals surface area contributed by atoms with E-state index in [0.717, 1.165) is 28.0 Å². The summed E-state index contributed by atoms with van der Waals surface area (Å²) in [6.45, 7) is 2.03. The number of nitrogens with zero attached hydrogens (tertiary/aromatic N) is 2.